The quantitative estimate of drug-likeness (QED) is 0.0495. The van der Waals surface area contributed by atoms with E-state index in [4.69, 9.17) is 23.2 Å². The molecule has 18 aromatic rings. The van der Waals surface area contributed by atoms with Gasteiger partial charge in [-0.3, -0.25) is 0 Å². The average molecular weight is 1710 g/mol. The van der Waals surface area contributed by atoms with Gasteiger partial charge in [0.15, 0.2) is 0 Å². The maximum atomic E-state index is 16.6. The van der Waals surface area contributed by atoms with E-state index >= 15 is 26.3 Å². The molecule has 0 N–H and O–H groups in total. The lowest BCUT2D eigenvalue weighted by molar-refractivity contribution is -0.288. The summed E-state index contributed by atoms with van der Waals surface area (Å²) in [5, 5.41) is 0.831. The van der Waals surface area contributed by atoms with Gasteiger partial charge in [0.1, 0.15) is 0 Å². The third-order valence-corrected chi connectivity index (χ3v) is 23.0. The first-order valence-corrected chi connectivity index (χ1v) is 42.1. The fraction of sp³-hybridized carbons (Fsp3) is 0.0270. The number of halogens is 8. The van der Waals surface area contributed by atoms with E-state index in [1.165, 1.54) is 24.3 Å². The van der Waals surface area contributed by atoms with Gasteiger partial charge in [-0.25, -0.2) is 0 Å². The van der Waals surface area contributed by atoms with Gasteiger partial charge < -0.3 is 39.2 Å². The van der Waals surface area contributed by atoms with Crippen molar-refractivity contribution in [3.8, 4) is 0 Å². The second-order valence-corrected chi connectivity index (χ2v) is 31.1. The molecule has 0 heterocycles. The summed E-state index contributed by atoms with van der Waals surface area (Å²) < 4.78 is 99.6. The molecule has 16 heteroatoms. The lowest BCUT2D eigenvalue weighted by atomic mass is 9.72. The molecule has 18 aromatic carbocycles. The van der Waals surface area contributed by atoms with Crippen LogP contribution >= 0.6 is 23.2 Å². The van der Waals surface area contributed by atoms with Crippen molar-refractivity contribution in [1.82, 2.24) is 0 Å². The molecule has 0 unspecified atom stereocenters. The molecule has 0 fully saturated rings. The third kappa shape index (κ3) is 17.3. The summed E-state index contributed by atoms with van der Waals surface area (Å²) in [6.07, 6.45) is -11.9. The van der Waals surface area contributed by atoms with Crippen LogP contribution in [0.15, 0.2) is 485 Å². The monoisotopic (exact) mass is 1710 g/mol. The summed E-state index contributed by atoms with van der Waals surface area (Å²) in [6, 6.07) is 152. The molecule has 127 heavy (non-hydrogen) atoms. The highest BCUT2D eigenvalue weighted by atomic mass is 35.5. The molecule has 0 spiro atoms. The Morgan fingerprint density at radius 2 is 0.220 bits per heavy atom. The lowest BCUT2D eigenvalue weighted by Gasteiger charge is -2.39. The number of hydrogen-bond donors (Lipinski definition) is 0. The van der Waals surface area contributed by atoms with E-state index in [2.05, 4.69) is 224 Å². The number of rotatable bonds is 26. The summed E-state index contributed by atoms with van der Waals surface area (Å²) in [7, 11) is 0. The highest BCUT2D eigenvalue weighted by Gasteiger charge is 2.72. The fourth-order valence-electron chi connectivity index (χ4n) is 16.6. The van der Waals surface area contributed by atoms with Gasteiger partial charge >= 0.3 is 12.4 Å². The zero-order chi connectivity index (χ0) is 86.9. The van der Waals surface area contributed by atoms with Crippen molar-refractivity contribution in [2.75, 3.05) is 39.2 Å². The highest BCUT2D eigenvalue weighted by molar-refractivity contribution is 6.31. The molecule has 0 aliphatic heterocycles. The van der Waals surface area contributed by atoms with Gasteiger partial charge in [0, 0.05) is 147 Å². The first kappa shape index (κ1) is 82.5. The van der Waals surface area contributed by atoms with Gasteiger partial charge in [-0.15, -0.1) is 0 Å². The maximum Gasteiger partial charge on any atom is 0.411 e. The van der Waals surface area contributed by atoms with E-state index in [9.17, 15) is 0 Å². The van der Waals surface area contributed by atoms with Gasteiger partial charge in [0.25, 0.3) is 0 Å². The topological polar surface area (TPSA) is 25.9 Å². The normalized spacial score (nSPS) is 11.5. The molecule has 0 saturated carbocycles. The Hall–Kier alpha value is -15.5. The molecule has 0 radical (unpaired) electrons. The number of anilines is 24. The Bertz CT molecular complexity index is 5790. The molecule has 18 rings (SSSR count). The molecule has 0 saturated heterocycles. The summed E-state index contributed by atoms with van der Waals surface area (Å²) >= 11 is 13.1. The molecule has 0 aliphatic carbocycles. The van der Waals surface area contributed by atoms with Crippen LogP contribution in [0.25, 0.3) is 0 Å². The Kier molecular flexibility index (Phi) is 23.7. The first-order valence-electron chi connectivity index (χ1n) is 41.4. The van der Waals surface area contributed by atoms with Crippen LogP contribution in [0.2, 0.25) is 10.0 Å². The molecule has 620 valence electrons. The summed E-state index contributed by atoms with van der Waals surface area (Å²) in [5.41, 5.74) is 12.3. The van der Waals surface area contributed by atoms with E-state index in [1.54, 1.807) is 58.3 Å². The largest absolute Gasteiger partial charge is 0.411 e. The van der Waals surface area contributed by atoms with E-state index in [1.807, 2.05) is 194 Å². The minimum absolute atomic E-state index is 0.268. The molecule has 0 amide bonds. The predicted octanol–water partition coefficient (Wildman–Crippen LogP) is 34.2. The summed E-state index contributed by atoms with van der Waals surface area (Å²) in [6.45, 7) is 0. The van der Waals surface area contributed by atoms with E-state index in [0.29, 0.717) is 32.8 Å². The molecular formula is C111H80Cl2F6N8. The van der Waals surface area contributed by atoms with Crippen molar-refractivity contribution in [2.24, 2.45) is 0 Å². The zero-order valence-electron chi connectivity index (χ0n) is 68.3. The van der Waals surface area contributed by atoms with Crippen molar-refractivity contribution in [3.63, 3.8) is 0 Å². The molecule has 0 bridgehead atoms. The highest BCUT2D eigenvalue weighted by Crippen LogP contribution is 2.58. The van der Waals surface area contributed by atoms with Crippen molar-refractivity contribution >= 4 is 160 Å². The Morgan fingerprint density at radius 1 is 0.126 bits per heavy atom. The second-order valence-electron chi connectivity index (χ2n) is 30.3. The average Bonchev–Trinajstić information content (AvgIpc) is 0.712. The number of benzene rings is 18. The van der Waals surface area contributed by atoms with Crippen molar-refractivity contribution in [3.05, 3.63) is 506 Å². The lowest BCUT2D eigenvalue weighted by Crippen LogP contribution is -2.54. The van der Waals surface area contributed by atoms with Crippen molar-refractivity contribution < 1.29 is 26.3 Å². The van der Waals surface area contributed by atoms with Gasteiger partial charge in [0.2, 0.25) is 5.41 Å². The van der Waals surface area contributed by atoms with Crippen LogP contribution in [-0.4, -0.2) is 12.4 Å². The minimum atomic E-state index is -5.93. The summed E-state index contributed by atoms with van der Waals surface area (Å²) in [4.78, 5) is 16.5. The number of hydrogen-bond acceptors (Lipinski definition) is 8. The Labute approximate surface area is 744 Å². The third-order valence-electron chi connectivity index (χ3n) is 22.4. The van der Waals surface area contributed by atoms with Gasteiger partial charge in [-0.1, -0.05) is 193 Å². The van der Waals surface area contributed by atoms with Crippen LogP contribution in [0, 0.1) is 0 Å². The van der Waals surface area contributed by atoms with Crippen molar-refractivity contribution in [2.45, 2.75) is 17.8 Å². The molecule has 0 atom stereocenters. The Balaban J connectivity index is 0.685. The van der Waals surface area contributed by atoms with Crippen LogP contribution < -0.4 is 39.2 Å². The number of para-hydroxylation sites is 8. The molecule has 8 nitrogen and oxygen atoms in total. The Morgan fingerprint density at radius 3 is 0.331 bits per heavy atom. The van der Waals surface area contributed by atoms with Gasteiger partial charge in [-0.2, -0.15) is 26.3 Å². The van der Waals surface area contributed by atoms with E-state index in [0.717, 1.165) is 127 Å². The van der Waals surface area contributed by atoms with Gasteiger partial charge in [-0.05, 0) is 327 Å². The maximum absolute atomic E-state index is 16.6. The van der Waals surface area contributed by atoms with Gasteiger partial charge in [0.05, 0.1) is 0 Å². The zero-order valence-corrected chi connectivity index (χ0v) is 69.8. The first-order chi connectivity index (χ1) is 62.1. The van der Waals surface area contributed by atoms with Crippen LogP contribution in [0.4, 0.5) is 163 Å². The molecule has 0 aromatic heterocycles. The molecule has 0 aliphatic rings. The predicted molar refractivity (Wildman–Crippen MR) is 513 cm³/mol. The smallest absolute Gasteiger partial charge is 0.311 e. The van der Waals surface area contributed by atoms with Crippen LogP contribution in [0.1, 0.15) is 11.1 Å². The van der Waals surface area contributed by atoms with E-state index < -0.39 is 28.9 Å². The molecular weight excluding hydrogens is 1630 g/mol. The van der Waals surface area contributed by atoms with E-state index in [-0.39, 0.29) is 11.4 Å². The number of nitrogens with zero attached hydrogens (tertiary/aromatic N) is 8. The van der Waals surface area contributed by atoms with Crippen LogP contribution in [0.5, 0.6) is 0 Å². The summed E-state index contributed by atoms with van der Waals surface area (Å²) in [5.74, 6) is 0. The van der Waals surface area contributed by atoms with Crippen molar-refractivity contribution in [1.29, 1.82) is 0 Å². The second kappa shape index (κ2) is 36.5. The fourth-order valence-corrected chi connectivity index (χ4v) is 16.8. The number of alkyl halides is 6. The van der Waals surface area contributed by atoms with Crippen LogP contribution in [0.3, 0.4) is 0 Å². The standard InChI is InChI=1S/C111H80Cl2F6N8/c112-83-45-53-95(54-46-83)124(101-73-77-107(78-74-101)126(103-65-57-97(58-66-103)120(85-25-9-1-10-26-85)86-27-11-2-12-28-86)104-67-59-98(60-68-104)121(87-29-13-3-14-30-87)88-31-15-4-16-32-88)93-49-41-81(42-50-93)109(110(114,115)116,111(117,118)119)82-43-51-94(52-44-82)125(96-55-47-84(113)48-56-96)102-75-79-108(80-76-102)127(105-69-61-99(62-70-105)122(89-33-17-5-18-34-89)90-35-19-6-20-36-90)106-71-63-100(64-72-106)123(91-37-21-7-22-38-91)92-39-23-8-24-40-92/h1-80H. The SMILES string of the molecule is FC(F)(F)C(c1ccc(N(c2ccc(Cl)cc2)c2ccc(N(c3ccc(N(c4ccccc4)c4ccccc4)cc3)c3ccc(N(c4ccccc4)c4ccccc4)cc3)cc2)cc1)(c1ccc(N(c2ccc(Cl)cc2)c2ccc(N(c3ccc(N(c4ccccc4)c4ccccc4)cc3)c3ccc(N(c4ccccc4)c4ccccc4)cc3)cc2)cc1)C(F)(F)F. The van der Waals surface area contributed by atoms with Crippen LogP contribution in [-0.2, 0) is 5.41 Å². The minimum Gasteiger partial charge on any atom is -0.311 e.